The van der Waals surface area contributed by atoms with Crippen molar-refractivity contribution in [3.63, 3.8) is 0 Å². The van der Waals surface area contributed by atoms with Gasteiger partial charge in [-0.2, -0.15) is 0 Å². The van der Waals surface area contributed by atoms with Gasteiger partial charge in [0, 0.05) is 23.7 Å². The van der Waals surface area contributed by atoms with Crippen molar-refractivity contribution in [3.05, 3.63) is 95.2 Å². The molecule has 0 amide bonds. The number of aryl methyl sites for hydroxylation is 1. The monoisotopic (exact) mass is 458 g/mol. The van der Waals surface area contributed by atoms with Gasteiger partial charge >= 0.3 is 0 Å². The lowest BCUT2D eigenvalue weighted by molar-refractivity contribution is 0.626. The molecule has 6 nitrogen and oxygen atoms in total. The molecule has 0 bridgehead atoms. The lowest BCUT2D eigenvalue weighted by atomic mass is 9.93. The maximum absolute atomic E-state index is 15.3. The van der Waals surface area contributed by atoms with Gasteiger partial charge in [0.2, 0.25) is 5.96 Å². The third-order valence-corrected chi connectivity index (χ3v) is 5.96. The summed E-state index contributed by atoms with van der Waals surface area (Å²) in [5.74, 6) is -0.795. The Labute approximate surface area is 195 Å². The molecule has 4 aromatic rings. The number of rotatable bonds is 5. The molecule has 34 heavy (non-hydrogen) atoms. The topological polar surface area (TPSA) is 93.7 Å². The molecule has 0 unspecified atom stereocenters. The number of anilines is 2. The lowest BCUT2D eigenvalue weighted by Gasteiger charge is -2.18. The standard InChI is InChI=1S/C26H24F2N6/c27-17-11-9-16(10-12-17)15-34-24-14-21(28)23(31-18-5-2-1-3-6-18)13-20(24)19-7-4-8-22(25(19)34)32-33-26(29)30/h1-3,5-6,9-14,31H,4,7-8,15H2,(H4,29,30,33)/b32-22+. The molecule has 0 saturated carbocycles. The largest absolute Gasteiger partial charge is 0.369 e. The number of hydrogen-bond donors (Lipinski definition) is 3. The van der Waals surface area contributed by atoms with Gasteiger partial charge in [-0.05, 0) is 60.7 Å². The minimum absolute atomic E-state index is 0.124. The number of benzene rings is 3. The second-order valence-corrected chi connectivity index (χ2v) is 8.31. The summed E-state index contributed by atoms with van der Waals surface area (Å²) in [7, 11) is 0. The van der Waals surface area contributed by atoms with Crippen molar-refractivity contribution < 1.29 is 8.78 Å². The molecule has 1 aliphatic rings. The zero-order chi connectivity index (χ0) is 23.7. The first-order chi connectivity index (χ1) is 16.5. The van der Waals surface area contributed by atoms with Crippen LogP contribution in [0.4, 0.5) is 20.2 Å². The lowest BCUT2D eigenvalue weighted by Crippen LogP contribution is -2.23. The first kappa shape index (κ1) is 21.6. The van der Waals surface area contributed by atoms with Crippen LogP contribution in [0.5, 0.6) is 0 Å². The van der Waals surface area contributed by atoms with Crippen molar-refractivity contribution >= 4 is 33.9 Å². The van der Waals surface area contributed by atoms with Crippen molar-refractivity contribution in [2.24, 2.45) is 21.7 Å². The Hall–Kier alpha value is -4.20. The van der Waals surface area contributed by atoms with Gasteiger partial charge in [0.25, 0.3) is 0 Å². The highest BCUT2D eigenvalue weighted by atomic mass is 19.1. The van der Waals surface area contributed by atoms with E-state index in [4.69, 9.17) is 11.5 Å². The van der Waals surface area contributed by atoms with Crippen LogP contribution in [0.2, 0.25) is 0 Å². The van der Waals surface area contributed by atoms with E-state index >= 15 is 4.39 Å². The number of nitrogens with zero attached hydrogens (tertiary/aromatic N) is 3. The highest BCUT2D eigenvalue weighted by Crippen LogP contribution is 2.36. The van der Waals surface area contributed by atoms with Crippen LogP contribution in [0.25, 0.3) is 10.9 Å². The third-order valence-electron chi connectivity index (χ3n) is 5.96. The number of nitrogens with one attached hydrogen (secondary N) is 1. The smallest absolute Gasteiger partial charge is 0.211 e. The molecule has 1 aliphatic carbocycles. The van der Waals surface area contributed by atoms with Crippen LogP contribution in [-0.2, 0) is 13.0 Å². The summed E-state index contributed by atoms with van der Waals surface area (Å²) in [6.07, 6.45) is 2.39. The number of nitrogens with two attached hydrogens (primary N) is 2. The first-order valence-electron chi connectivity index (χ1n) is 11.1. The molecular weight excluding hydrogens is 434 g/mol. The molecule has 0 radical (unpaired) electrons. The van der Waals surface area contributed by atoms with Gasteiger partial charge in [0.05, 0.1) is 22.6 Å². The summed E-state index contributed by atoms with van der Waals surface area (Å²) in [6, 6.07) is 19.2. The van der Waals surface area contributed by atoms with E-state index in [1.807, 2.05) is 41.0 Å². The summed E-state index contributed by atoms with van der Waals surface area (Å²) in [6.45, 7) is 0.428. The van der Waals surface area contributed by atoms with E-state index in [-0.39, 0.29) is 17.6 Å². The number of hydrogen-bond acceptors (Lipinski definition) is 3. The number of aromatic nitrogens is 1. The molecule has 1 aromatic heterocycles. The second-order valence-electron chi connectivity index (χ2n) is 8.31. The van der Waals surface area contributed by atoms with E-state index in [1.165, 1.54) is 12.1 Å². The van der Waals surface area contributed by atoms with Crippen LogP contribution < -0.4 is 16.8 Å². The molecule has 0 atom stereocenters. The number of para-hydroxylation sites is 1. The summed E-state index contributed by atoms with van der Waals surface area (Å²) in [5, 5.41) is 12.3. The fraction of sp³-hybridized carbons (Fsp3) is 0.154. The normalized spacial score (nSPS) is 14.2. The quantitative estimate of drug-likeness (QED) is 0.223. The van der Waals surface area contributed by atoms with Crippen LogP contribution in [0, 0.1) is 11.6 Å². The maximum Gasteiger partial charge on any atom is 0.211 e. The summed E-state index contributed by atoms with van der Waals surface area (Å²) in [5.41, 5.74) is 16.6. The molecule has 0 saturated heterocycles. The van der Waals surface area contributed by atoms with Crippen molar-refractivity contribution in [2.75, 3.05) is 5.32 Å². The fourth-order valence-corrected chi connectivity index (χ4v) is 4.50. The summed E-state index contributed by atoms with van der Waals surface area (Å²) < 4.78 is 30.8. The Morgan fingerprint density at radius 3 is 2.47 bits per heavy atom. The molecule has 172 valence electrons. The van der Waals surface area contributed by atoms with Crippen molar-refractivity contribution in [3.8, 4) is 0 Å². The van der Waals surface area contributed by atoms with E-state index in [0.717, 1.165) is 52.0 Å². The molecule has 1 heterocycles. The molecule has 0 aliphatic heterocycles. The van der Waals surface area contributed by atoms with E-state index < -0.39 is 0 Å². The van der Waals surface area contributed by atoms with Crippen molar-refractivity contribution in [2.45, 2.75) is 25.8 Å². The van der Waals surface area contributed by atoms with E-state index in [1.54, 1.807) is 18.2 Å². The Balaban J connectivity index is 1.69. The van der Waals surface area contributed by atoms with Gasteiger partial charge < -0.3 is 21.4 Å². The van der Waals surface area contributed by atoms with E-state index in [0.29, 0.717) is 18.7 Å². The van der Waals surface area contributed by atoms with Gasteiger partial charge in [-0.25, -0.2) is 8.78 Å². The zero-order valence-electron chi connectivity index (χ0n) is 18.4. The SMILES string of the molecule is NC(N)=N/N=C1\CCCc2c1n(Cc1ccc(F)cc1)c1cc(F)c(Nc3ccccc3)cc21. The highest BCUT2D eigenvalue weighted by Gasteiger charge is 2.26. The minimum Gasteiger partial charge on any atom is -0.369 e. The molecule has 5 N–H and O–H groups in total. The predicted molar refractivity (Wildman–Crippen MR) is 132 cm³/mol. The van der Waals surface area contributed by atoms with Gasteiger partial charge in [0.1, 0.15) is 11.6 Å². The third kappa shape index (κ3) is 4.22. The molecule has 0 fully saturated rings. The van der Waals surface area contributed by atoms with Gasteiger partial charge in [-0.3, -0.25) is 0 Å². The van der Waals surface area contributed by atoms with Crippen LogP contribution in [0.1, 0.15) is 29.7 Å². The maximum atomic E-state index is 15.3. The molecule has 5 rings (SSSR count). The van der Waals surface area contributed by atoms with Crippen LogP contribution in [-0.4, -0.2) is 16.2 Å². The number of halogens is 2. The Morgan fingerprint density at radius 1 is 0.971 bits per heavy atom. The minimum atomic E-state index is -0.366. The van der Waals surface area contributed by atoms with Crippen LogP contribution >= 0.6 is 0 Å². The van der Waals surface area contributed by atoms with Gasteiger partial charge in [0.15, 0.2) is 0 Å². The second kappa shape index (κ2) is 8.97. The van der Waals surface area contributed by atoms with Gasteiger partial charge in [-0.15, -0.1) is 10.2 Å². The van der Waals surface area contributed by atoms with E-state index in [9.17, 15) is 4.39 Å². The Morgan fingerprint density at radius 2 is 1.74 bits per heavy atom. The fourth-order valence-electron chi connectivity index (χ4n) is 4.50. The van der Waals surface area contributed by atoms with E-state index in [2.05, 4.69) is 15.5 Å². The van der Waals surface area contributed by atoms with Crippen molar-refractivity contribution in [1.82, 2.24) is 4.57 Å². The average molecular weight is 459 g/mol. The zero-order valence-corrected chi connectivity index (χ0v) is 18.4. The summed E-state index contributed by atoms with van der Waals surface area (Å²) in [4.78, 5) is 0. The summed E-state index contributed by atoms with van der Waals surface area (Å²) >= 11 is 0. The van der Waals surface area contributed by atoms with Crippen LogP contribution in [0.3, 0.4) is 0 Å². The first-order valence-corrected chi connectivity index (χ1v) is 11.1. The molecule has 8 heteroatoms. The van der Waals surface area contributed by atoms with Crippen molar-refractivity contribution in [1.29, 1.82) is 0 Å². The molecule has 0 spiro atoms. The predicted octanol–water partition coefficient (Wildman–Crippen LogP) is 5.03. The Kier molecular flexibility index (Phi) is 5.71. The number of guanidine groups is 1. The van der Waals surface area contributed by atoms with Crippen LogP contribution in [0.15, 0.2) is 76.9 Å². The van der Waals surface area contributed by atoms with Gasteiger partial charge in [-0.1, -0.05) is 30.3 Å². The average Bonchev–Trinajstić information content (AvgIpc) is 3.13. The molecular formula is C26H24F2N6. The molecule has 3 aromatic carbocycles. The highest BCUT2D eigenvalue weighted by molar-refractivity contribution is 6.07. The Bertz CT molecular complexity index is 1400. The number of fused-ring (bicyclic) bond motifs is 3.